The lowest BCUT2D eigenvalue weighted by Crippen LogP contribution is -2.38. The van der Waals surface area contributed by atoms with Gasteiger partial charge in [0.15, 0.2) is 0 Å². The molecule has 0 unspecified atom stereocenters. The quantitative estimate of drug-likeness (QED) is 0.720. The Bertz CT molecular complexity index is 714. The minimum atomic E-state index is -0.289. The van der Waals surface area contributed by atoms with Crippen molar-refractivity contribution in [3.63, 3.8) is 0 Å². The van der Waals surface area contributed by atoms with E-state index in [0.29, 0.717) is 54.4 Å². The van der Waals surface area contributed by atoms with Crippen molar-refractivity contribution in [2.45, 2.75) is 20.3 Å². The first-order valence-electron chi connectivity index (χ1n) is 9.69. The maximum atomic E-state index is 12.6. The van der Waals surface area contributed by atoms with Crippen LogP contribution in [0.25, 0.3) is 0 Å². The fourth-order valence-electron chi connectivity index (χ4n) is 2.99. The van der Waals surface area contributed by atoms with Crippen LogP contribution in [0.2, 0.25) is 5.02 Å². The third-order valence-corrected chi connectivity index (χ3v) is 4.80. The Balaban J connectivity index is 1.91. The number of methoxy groups -OCH3 is 2. The number of halogens is 1. The molecule has 1 aliphatic heterocycles. The van der Waals surface area contributed by atoms with Crippen molar-refractivity contribution in [1.29, 1.82) is 0 Å². The molecule has 9 heteroatoms. The lowest BCUT2D eigenvalue weighted by atomic mass is 10.2. The number of nitrogens with one attached hydrogen (secondary N) is 1. The predicted octanol–water partition coefficient (Wildman–Crippen LogP) is 3.10. The van der Waals surface area contributed by atoms with E-state index in [2.05, 4.69) is 5.32 Å². The summed E-state index contributed by atoms with van der Waals surface area (Å²) in [6.07, 6.45) is 0.491. The summed E-state index contributed by atoms with van der Waals surface area (Å²) in [5, 5.41) is 3.25. The van der Waals surface area contributed by atoms with Gasteiger partial charge in [-0.05, 0) is 12.3 Å². The Hall–Kier alpha value is -2.19. The number of carbonyl (C=O) groups is 2. The van der Waals surface area contributed by atoms with Crippen molar-refractivity contribution in [3.8, 4) is 11.5 Å². The van der Waals surface area contributed by atoms with E-state index < -0.39 is 0 Å². The van der Waals surface area contributed by atoms with Gasteiger partial charge in [-0.15, -0.1) is 0 Å². The summed E-state index contributed by atoms with van der Waals surface area (Å²) >= 11 is 6.10. The third kappa shape index (κ3) is 6.97. The van der Waals surface area contributed by atoms with E-state index in [1.54, 1.807) is 17.0 Å². The van der Waals surface area contributed by atoms with Gasteiger partial charge in [0, 0.05) is 38.3 Å². The van der Waals surface area contributed by atoms with Crippen molar-refractivity contribution < 1.29 is 23.8 Å². The summed E-state index contributed by atoms with van der Waals surface area (Å²) in [4.78, 5) is 28.4. The van der Waals surface area contributed by atoms with Crippen molar-refractivity contribution in [3.05, 3.63) is 17.2 Å². The maximum absolute atomic E-state index is 12.6. The van der Waals surface area contributed by atoms with Gasteiger partial charge in [0.1, 0.15) is 11.5 Å². The topological polar surface area (TPSA) is 80.3 Å². The lowest BCUT2D eigenvalue weighted by molar-refractivity contribution is -0.117. The molecule has 1 aromatic rings. The van der Waals surface area contributed by atoms with Crippen LogP contribution in [0.15, 0.2) is 12.1 Å². The molecular weight excluding hydrogens is 398 g/mol. The molecule has 0 atom stereocenters. The molecule has 0 aromatic heterocycles. The van der Waals surface area contributed by atoms with Crippen molar-refractivity contribution in [2.75, 3.05) is 58.9 Å². The molecule has 1 aromatic carbocycles. The third-order valence-electron chi connectivity index (χ3n) is 4.50. The second-order valence-corrected chi connectivity index (χ2v) is 7.73. The van der Waals surface area contributed by atoms with Crippen LogP contribution >= 0.6 is 11.6 Å². The zero-order valence-corrected chi connectivity index (χ0v) is 18.3. The molecule has 162 valence electrons. The van der Waals surface area contributed by atoms with Crippen LogP contribution in [-0.2, 0) is 9.53 Å². The number of rotatable bonds is 7. The number of anilines is 1. The first-order chi connectivity index (χ1) is 13.8. The molecule has 1 aliphatic rings. The molecule has 1 N–H and O–H groups in total. The minimum Gasteiger partial charge on any atom is -0.495 e. The summed E-state index contributed by atoms with van der Waals surface area (Å²) in [5.74, 6) is 1.03. The highest BCUT2D eigenvalue weighted by molar-refractivity contribution is 6.32. The van der Waals surface area contributed by atoms with Crippen LogP contribution in [0.3, 0.4) is 0 Å². The molecule has 0 spiro atoms. The van der Waals surface area contributed by atoms with Crippen LogP contribution in [0.5, 0.6) is 11.5 Å². The van der Waals surface area contributed by atoms with Gasteiger partial charge in [-0.1, -0.05) is 25.4 Å². The zero-order chi connectivity index (χ0) is 21.4. The summed E-state index contributed by atoms with van der Waals surface area (Å²) in [6.45, 7) is 7.10. The molecule has 1 saturated heterocycles. The van der Waals surface area contributed by atoms with Gasteiger partial charge >= 0.3 is 6.09 Å². The second-order valence-electron chi connectivity index (χ2n) is 7.32. The molecule has 0 radical (unpaired) electrons. The number of benzene rings is 1. The van der Waals surface area contributed by atoms with Gasteiger partial charge in [0.05, 0.1) is 38.1 Å². The lowest BCUT2D eigenvalue weighted by Gasteiger charge is -2.22. The van der Waals surface area contributed by atoms with Crippen LogP contribution in [0.4, 0.5) is 10.5 Å². The second kappa shape index (κ2) is 11.1. The van der Waals surface area contributed by atoms with Crippen molar-refractivity contribution in [1.82, 2.24) is 9.80 Å². The highest BCUT2D eigenvalue weighted by Gasteiger charge is 2.22. The number of hydrogen-bond acceptors (Lipinski definition) is 6. The molecule has 0 aliphatic carbocycles. The summed E-state index contributed by atoms with van der Waals surface area (Å²) in [6, 6.07) is 3.23. The first kappa shape index (κ1) is 23.1. The minimum absolute atomic E-state index is 0.177. The predicted molar refractivity (Wildman–Crippen MR) is 112 cm³/mol. The summed E-state index contributed by atoms with van der Waals surface area (Å²) < 4.78 is 15.8. The Morgan fingerprint density at radius 1 is 1.10 bits per heavy atom. The van der Waals surface area contributed by atoms with Gasteiger partial charge in [0.25, 0.3) is 0 Å². The molecule has 2 rings (SSSR count). The molecule has 29 heavy (non-hydrogen) atoms. The SMILES string of the molecule is COc1cc(NC(=O)CN2CCCN(C(=O)OCC(C)C)CC2)c(OC)cc1Cl. The molecule has 8 nitrogen and oxygen atoms in total. The van der Waals surface area contributed by atoms with E-state index >= 15 is 0 Å². The molecule has 1 heterocycles. The van der Waals surface area contributed by atoms with E-state index in [-0.39, 0.29) is 18.5 Å². The molecule has 0 bridgehead atoms. The normalized spacial score (nSPS) is 15.0. The highest BCUT2D eigenvalue weighted by Crippen LogP contribution is 2.35. The number of carbonyl (C=O) groups excluding carboxylic acids is 2. The summed E-state index contributed by atoms with van der Waals surface area (Å²) in [7, 11) is 3.02. The monoisotopic (exact) mass is 427 g/mol. The number of amides is 2. The van der Waals surface area contributed by atoms with Crippen LogP contribution < -0.4 is 14.8 Å². The molecule has 1 fully saturated rings. The van der Waals surface area contributed by atoms with Crippen LogP contribution in [-0.4, -0.2) is 75.4 Å². The highest BCUT2D eigenvalue weighted by atomic mass is 35.5. The maximum Gasteiger partial charge on any atom is 0.409 e. The first-order valence-corrected chi connectivity index (χ1v) is 10.1. The average molecular weight is 428 g/mol. The molecule has 0 saturated carbocycles. The number of nitrogens with zero attached hydrogens (tertiary/aromatic N) is 2. The largest absolute Gasteiger partial charge is 0.495 e. The zero-order valence-electron chi connectivity index (χ0n) is 17.5. The van der Waals surface area contributed by atoms with Crippen molar-refractivity contribution in [2.24, 2.45) is 5.92 Å². The fourth-order valence-corrected chi connectivity index (χ4v) is 3.22. The van der Waals surface area contributed by atoms with Gasteiger partial charge in [-0.25, -0.2) is 4.79 Å². The van der Waals surface area contributed by atoms with Gasteiger partial charge in [0.2, 0.25) is 5.91 Å². The van der Waals surface area contributed by atoms with E-state index in [1.165, 1.54) is 14.2 Å². The standard InChI is InChI=1S/C20H30ClN3O5/c1-14(2)13-29-20(26)24-7-5-6-23(8-9-24)12-19(25)22-16-11-17(27-3)15(21)10-18(16)28-4/h10-11,14H,5-9,12-13H2,1-4H3,(H,22,25). The molecular formula is C20H30ClN3O5. The van der Waals surface area contributed by atoms with E-state index in [9.17, 15) is 9.59 Å². The number of ether oxygens (including phenoxy) is 3. The fraction of sp³-hybridized carbons (Fsp3) is 0.600. The Kier molecular flexibility index (Phi) is 8.85. The Labute approximate surface area is 177 Å². The summed E-state index contributed by atoms with van der Waals surface area (Å²) in [5.41, 5.74) is 0.493. The van der Waals surface area contributed by atoms with E-state index in [0.717, 1.165) is 13.0 Å². The van der Waals surface area contributed by atoms with Gasteiger partial charge in [-0.3, -0.25) is 9.69 Å². The van der Waals surface area contributed by atoms with Crippen LogP contribution in [0, 0.1) is 5.92 Å². The Morgan fingerprint density at radius 2 is 1.83 bits per heavy atom. The van der Waals surface area contributed by atoms with E-state index in [4.69, 9.17) is 25.8 Å². The van der Waals surface area contributed by atoms with Gasteiger partial charge in [-0.2, -0.15) is 0 Å². The Morgan fingerprint density at radius 3 is 2.48 bits per heavy atom. The van der Waals surface area contributed by atoms with Crippen LogP contribution in [0.1, 0.15) is 20.3 Å². The average Bonchev–Trinajstić information content (AvgIpc) is 2.92. The van der Waals surface area contributed by atoms with E-state index in [1.807, 2.05) is 18.7 Å². The smallest absolute Gasteiger partial charge is 0.409 e. The van der Waals surface area contributed by atoms with Crippen molar-refractivity contribution >= 4 is 29.3 Å². The molecule has 2 amide bonds. The van der Waals surface area contributed by atoms with Gasteiger partial charge < -0.3 is 24.4 Å². The number of hydrogen-bond donors (Lipinski definition) is 1.